The number of hydrogen-bond donors (Lipinski definition) is 2. The van der Waals surface area contributed by atoms with E-state index in [1.165, 1.54) is 13.0 Å². The lowest BCUT2D eigenvalue weighted by molar-refractivity contribution is -0.127. The fraction of sp³-hybridized carbons (Fsp3) is 0.625. The van der Waals surface area contributed by atoms with Crippen LogP contribution >= 0.6 is 0 Å². The van der Waals surface area contributed by atoms with E-state index in [1.54, 1.807) is 13.8 Å². The van der Waals surface area contributed by atoms with E-state index >= 15 is 0 Å². The zero-order valence-electron chi connectivity index (χ0n) is 7.03. The summed E-state index contributed by atoms with van der Waals surface area (Å²) in [7, 11) is 0. The molecule has 0 rings (SSSR count). The maximum Gasteiger partial charge on any atom is 0.186 e. The number of allylic oxidation sites excluding steroid dienone is 1. The summed E-state index contributed by atoms with van der Waals surface area (Å²) in [4.78, 5) is 10.9. The number of carbonyl (C=O) groups is 1. The van der Waals surface area contributed by atoms with Crippen molar-refractivity contribution in [1.82, 2.24) is 0 Å². The second-order valence-corrected chi connectivity index (χ2v) is 2.81. The number of hydrogen-bond acceptors (Lipinski definition) is 3. The summed E-state index contributed by atoms with van der Waals surface area (Å²) in [6, 6.07) is 0. The predicted octanol–water partition coefficient (Wildman–Crippen LogP) is 0.263. The lowest BCUT2D eigenvalue weighted by Gasteiger charge is -2.09. The van der Waals surface area contributed by atoms with E-state index in [0.717, 1.165) is 5.57 Å². The van der Waals surface area contributed by atoms with E-state index in [4.69, 9.17) is 10.2 Å². The van der Waals surface area contributed by atoms with Crippen molar-refractivity contribution in [3.63, 3.8) is 0 Å². The molecule has 0 radical (unpaired) electrons. The van der Waals surface area contributed by atoms with Gasteiger partial charge in [-0.3, -0.25) is 4.79 Å². The molecule has 2 atom stereocenters. The summed E-state index contributed by atoms with van der Waals surface area (Å²) >= 11 is 0. The first-order chi connectivity index (χ1) is 4.95. The third kappa shape index (κ3) is 3.91. The molecule has 2 N–H and O–H groups in total. The van der Waals surface area contributed by atoms with Crippen LogP contribution in [0.5, 0.6) is 0 Å². The van der Waals surface area contributed by atoms with Crippen molar-refractivity contribution in [3.8, 4) is 0 Å². The van der Waals surface area contributed by atoms with Crippen molar-refractivity contribution in [1.29, 1.82) is 0 Å². The lowest BCUT2D eigenvalue weighted by Crippen LogP contribution is -2.30. The first-order valence-corrected chi connectivity index (χ1v) is 3.50. The van der Waals surface area contributed by atoms with Crippen LogP contribution in [0.15, 0.2) is 11.6 Å². The predicted molar refractivity (Wildman–Crippen MR) is 42.1 cm³/mol. The number of carbonyl (C=O) groups excluding carboxylic acids is 1. The van der Waals surface area contributed by atoms with Crippen molar-refractivity contribution in [3.05, 3.63) is 11.6 Å². The molecular formula is C8H14O3. The molecule has 0 bridgehead atoms. The summed E-state index contributed by atoms with van der Waals surface area (Å²) < 4.78 is 0. The molecule has 3 heteroatoms. The molecule has 0 fully saturated rings. The van der Waals surface area contributed by atoms with Crippen molar-refractivity contribution < 1.29 is 15.0 Å². The molecule has 0 aromatic rings. The van der Waals surface area contributed by atoms with Crippen LogP contribution in [0.2, 0.25) is 0 Å². The van der Waals surface area contributed by atoms with Crippen LogP contribution in [-0.4, -0.2) is 28.2 Å². The Bertz CT molecular complexity index is 166. The quantitative estimate of drug-likeness (QED) is 0.579. The van der Waals surface area contributed by atoms with Crippen molar-refractivity contribution >= 4 is 5.78 Å². The molecular weight excluding hydrogens is 144 g/mol. The standard InChI is InChI=1S/C8H14O3/c1-5(2)4-7(10)8(11)6(3)9/h4,6,8-9,11H,1-3H3/t6-,8-/m1/s1. The van der Waals surface area contributed by atoms with Gasteiger partial charge in [-0.25, -0.2) is 0 Å². The molecule has 0 heterocycles. The second-order valence-electron chi connectivity index (χ2n) is 2.81. The van der Waals surface area contributed by atoms with Crippen LogP contribution in [0.3, 0.4) is 0 Å². The fourth-order valence-electron chi connectivity index (χ4n) is 0.608. The molecule has 0 saturated heterocycles. The normalized spacial score (nSPS) is 15.4. The minimum absolute atomic E-state index is 0.444. The SMILES string of the molecule is CC(C)=CC(=O)[C@H](O)[C@@H](C)O. The summed E-state index contributed by atoms with van der Waals surface area (Å²) in [6.45, 7) is 4.89. The van der Waals surface area contributed by atoms with Crippen LogP contribution in [0.25, 0.3) is 0 Å². The maximum absolute atomic E-state index is 10.9. The Morgan fingerprint density at radius 2 is 1.82 bits per heavy atom. The zero-order valence-corrected chi connectivity index (χ0v) is 7.03. The van der Waals surface area contributed by atoms with Gasteiger partial charge in [-0.05, 0) is 26.8 Å². The summed E-state index contributed by atoms with van der Waals surface area (Å²) in [5, 5.41) is 17.8. The number of aliphatic hydroxyl groups excluding tert-OH is 2. The number of ketones is 1. The Balaban J connectivity index is 4.15. The van der Waals surface area contributed by atoms with E-state index in [1.807, 2.05) is 0 Å². The molecule has 0 aliphatic heterocycles. The van der Waals surface area contributed by atoms with Crippen LogP contribution in [-0.2, 0) is 4.79 Å². The van der Waals surface area contributed by atoms with Crippen LogP contribution in [0.1, 0.15) is 20.8 Å². The van der Waals surface area contributed by atoms with Crippen LogP contribution < -0.4 is 0 Å². The van der Waals surface area contributed by atoms with Gasteiger partial charge in [0.1, 0.15) is 6.10 Å². The minimum atomic E-state index is -1.29. The van der Waals surface area contributed by atoms with E-state index in [0.29, 0.717) is 0 Å². The molecule has 64 valence electrons. The number of rotatable bonds is 3. The first-order valence-electron chi connectivity index (χ1n) is 3.50. The average molecular weight is 158 g/mol. The molecule has 11 heavy (non-hydrogen) atoms. The van der Waals surface area contributed by atoms with Gasteiger partial charge >= 0.3 is 0 Å². The van der Waals surface area contributed by atoms with Gasteiger partial charge in [-0.1, -0.05) is 5.57 Å². The molecule has 0 unspecified atom stereocenters. The van der Waals surface area contributed by atoms with E-state index in [9.17, 15) is 4.79 Å². The minimum Gasteiger partial charge on any atom is -0.390 e. The topological polar surface area (TPSA) is 57.5 Å². The molecule has 3 nitrogen and oxygen atoms in total. The second kappa shape index (κ2) is 4.26. The summed E-state index contributed by atoms with van der Waals surface area (Å²) in [5.41, 5.74) is 0.815. The van der Waals surface area contributed by atoms with Crippen LogP contribution in [0.4, 0.5) is 0 Å². The molecule has 0 aromatic heterocycles. The largest absolute Gasteiger partial charge is 0.390 e. The highest BCUT2D eigenvalue weighted by atomic mass is 16.3. The molecule has 0 aromatic carbocycles. The number of aliphatic hydroxyl groups is 2. The smallest absolute Gasteiger partial charge is 0.186 e. The zero-order chi connectivity index (χ0) is 9.02. The molecule has 0 aliphatic carbocycles. The third-order valence-corrected chi connectivity index (χ3v) is 1.18. The van der Waals surface area contributed by atoms with Crippen LogP contribution in [0, 0.1) is 0 Å². The van der Waals surface area contributed by atoms with Gasteiger partial charge in [0.05, 0.1) is 6.10 Å². The van der Waals surface area contributed by atoms with Gasteiger partial charge in [0.15, 0.2) is 5.78 Å². The summed E-state index contributed by atoms with van der Waals surface area (Å²) in [5.74, 6) is -0.444. The Morgan fingerprint density at radius 1 is 1.36 bits per heavy atom. The highest BCUT2D eigenvalue weighted by Crippen LogP contribution is 1.98. The fourth-order valence-corrected chi connectivity index (χ4v) is 0.608. The highest BCUT2D eigenvalue weighted by molar-refractivity contribution is 5.94. The third-order valence-electron chi connectivity index (χ3n) is 1.18. The van der Waals surface area contributed by atoms with Crippen molar-refractivity contribution in [2.75, 3.05) is 0 Å². The molecule has 0 amide bonds. The Morgan fingerprint density at radius 3 is 2.09 bits per heavy atom. The molecule has 0 saturated carbocycles. The van der Waals surface area contributed by atoms with Gasteiger partial charge in [0.2, 0.25) is 0 Å². The monoisotopic (exact) mass is 158 g/mol. The average Bonchev–Trinajstić information content (AvgIpc) is 1.84. The lowest BCUT2D eigenvalue weighted by atomic mass is 10.1. The van der Waals surface area contributed by atoms with E-state index in [2.05, 4.69) is 0 Å². The van der Waals surface area contributed by atoms with Crippen molar-refractivity contribution in [2.45, 2.75) is 33.0 Å². The maximum atomic E-state index is 10.9. The Kier molecular flexibility index (Phi) is 4.00. The molecule has 0 aliphatic rings. The van der Waals surface area contributed by atoms with Gasteiger partial charge in [-0.15, -0.1) is 0 Å². The Hall–Kier alpha value is -0.670. The van der Waals surface area contributed by atoms with Gasteiger partial charge in [-0.2, -0.15) is 0 Å². The van der Waals surface area contributed by atoms with Gasteiger partial charge < -0.3 is 10.2 Å². The van der Waals surface area contributed by atoms with Gasteiger partial charge in [0.25, 0.3) is 0 Å². The Labute approximate surface area is 66.4 Å². The van der Waals surface area contributed by atoms with E-state index in [-0.39, 0.29) is 0 Å². The molecule has 0 spiro atoms. The van der Waals surface area contributed by atoms with Gasteiger partial charge in [0, 0.05) is 0 Å². The summed E-state index contributed by atoms with van der Waals surface area (Å²) in [6.07, 6.45) is -0.972. The highest BCUT2D eigenvalue weighted by Gasteiger charge is 2.17. The van der Waals surface area contributed by atoms with Crippen molar-refractivity contribution in [2.24, 2.45) is 0 Å². The van der Waals surface area contributed by atoms with E-state index < -0.39 is 18.0 Å². The first kappa shape index (κ1) is 10.3.